The number of pyridine rings is 2. The number of likely N-dealkylation sites (tertiary alicyclic amines) is 1. The third-order valence-corrected chi connectivity index (χ3v) is 5.62. The fourth-order valence-corrected chi connectivity index (χ4v) is 4.22. The maximum Gasteiger partial charge on any atom is 0.340 e. The van der Waals surface area contributed by atoms with Gasteiger partial charge in [0.15, 0.2) is 5.82 Å². The van der Waals surface area contributed by atoms with Crippen LogP contribution in [0.4, 0.5) is 0 Å². The van der Waals surface area contributed by atoms with Gasteiger partial charge in [0.25, 0.3) is 0 Å². The molecular weight excluding hydrogens is 394 g/mol. The monoisotopic (exact) mass is 419 g/mol. The van der Waals surface area contributed by atoms with Crippen LogP contribution >= 0.6 is 0 Å². The molecule has 0 radical (unpaired) electrons. The zero-order valence-electron chi connectivity index (χ0n) is 17.4. The number of aromatic amines is 2. The van der Waals surface area contributed by atoms with Gasteiger partial charge >= 0.3 is 5.69 Å². The maximum absolute atomic E-state index is 11.5. The highest BCUT2D eigenvalue weighted by Gasteiger charge is 2.31. The molecule has 9 heteroatoms. The number of nitrogens with zero attached hydrogens (tertiary/aromatic N) is 5. The van der Waals surface area contributed by atoms with Crippen molar-refractivity contribution < 1.29 is 4.74 Å². The third kappa shape index (κ3) is 3.96. The first-order chi connectivity index (χ1) is 15.2. The molecule has 2 aliphatic rings. The number of allylic oxidation sites excluding steroid dienone is 2. The Bertz CT molecular complexity index is 1180. The molecule has 0 bridgehead atoms. The summed E-state index contributed by atoms with van der Waals surface area (Å²) in [5, 5.41) is 7.27. The molecule has 5 heterocycles. The van der Waals surface area contributed by atoms with Gasteiger partial charge in [0, 0.05) is 37.4 Å². The van der Waals surface area contributed by atoms with Crippen molar-refractivity contribution in [1.29, 1.82) is 0 Å². The molecule has 3 aromatic heterocycles. The van der Waals surface area contributed by atoms with Crippen LogP contribution in [0.2, 0.25) is 0 Å². The SMILES string of the molecule is CCCN1C=CC=CC1N1CC[C@H](Oc2nc(-c3n[nH]c(=O)[nH]3)cc3cccnc23)C1. The van der Waals surface area contributed by atoms with E-state index in [0.29, 0.717) is 22.9 Å². The van der Waals surface area contributed by atoms with Crippen molar-refractivity contribution in [3.63, 3.8) is 0 Å². The van der Waals surface area contributed by atoms with E-state index >= 15 is 0 Å². The summed E-state index contributed by atoms with van der Waals surface area (Å²) in [6, 6.07) is 5.67. The van der Waals surface area contributed by atoms with Crippen LogP contribution in [0.25, 0.3) is 22.4 Å². The minimum atomic E-state index is -0.372. The Hall–Kier alpha value is -3.46. The molecule has 0 spiro atoms. The average Bonchev–Trinajstić information content (AvgIpc) is 3.43. The maximum atomic E-state index is 11.5. The van der Waals surface area contributed by atoms with Crippen molar-refractivity contribution in [2.45, 2.75) is 32.0 Å². The first-order valence-corrected chi connectivity index (χ1v) is 10.6. The quantitative estimate of drug-likeness (QED) is 0.632. The molecule has 0 amide bonds. The van der Waals surface area contributed by atoms with E-state index in [1.807, 2.05) is 18.2 Å². The van der Waals surface area contributed by atoms with Gasteiger partial charge in [-0.15, -0.1) is 0 Å². The largest absolute Gasteiger partial charge is 0.471 e. The first kappa shape index (κ1) is 19.5. The van der Waals surface area contributed by atoms with Crippen LogP contribution in [0, 0.1) is 0 Å². The Labute approximate surface area is 179 Å². The summed E-state index contributed by atoms with van der Waals surface area (Å²) in [7, 11) is 0. The Kier molecular flexibility index (Phi) is 5.25. The molecule has 31 heavy (non-hydrogen) atoms. The van der Waals surface area contributed by atoms with E-state index in [2.05, 4.69) is 66.3 Å². The number of aromatic nitrogens is 5. The van der Waals surface area contributed by atoms with Gasteiger partial charge in [-0.1, -0.05) is 19.1 Å². The number of rotatable bonds is 6. The van der Waals surface area contributed by atoms with Gasteiger partial charge in [0.2, 0.25) is 5.88 Å². The second-order valence-electron chi connectivity index (χ2n) is 7.82. The van der Waals surface area contributed by atoms with Crippen LogP contribution in [0.15, 0.2) is 53.6 Å². The lowest BCUT2D eigenvalue weighted by Gasteiger charge is -2.36. The first-order valence-electron chi connectivity index (χ1n) is 10.6. The van der Waals surface area contributed by atoms with Crippen LogP contribution in [0.3, 0.4) is 0 Å². The van der Waals surface area contributed by atoms with Gasteiger partial charge in [-0.3, -0.25) is 14.9 Å². The second-order valence-corrected chi connectivity index (χ2v) is 7.82. The van der Waals surface area contributed by atoms with Gasteiger partial charge in [-0.25, -0.2) is 14.9 Å². The highest BCUT2D eigenvalue weighted by Crippen LogP contribution is 2.29. The normalized spacial score (nSPS) is 21.3. The second kappa shape index (κ2) is 8.35. The van der Waals surface area contributed by atoms with Gasteiger partial charge < -0.3 is 9.64 Å². The number of hydrogen-bond donors (Lipinski definition) is 2. The van der Waals surface area contributed by atoms with E-state index in [0.717, 1.165) is 37.9 Å². The number of fused-ring (bicyclic) bond motifs is 1. The minimum Gasteiger partial charge on any atom is -0.471 e. The summed E-state index contributed by atoms with van der Waals surface area (Å²) in [6.45, 7) is 4.98. The van der Waals surface area contributed by atoms with Crippen molar-refractivity contribution in [3.05, 3.63) is 59.3 Å². The molecule has 5 rings (SSSR count). The molecule has 1 fully saturated rings. The van der Waals surface area contributed by atoms with Gasteiger partial charge in [-0.05, 0) is 37.1 Å². The van der Waals surface area contributed by atoms with E-state index in [1.54, 1.807) is 6.20 Å². The fourth-order valence-electron chi connectivity index (χ4n) is 4.22. The van der Waals surface area contributed by atoms with Crippen molar-refractivity contribution in [2.24, 2.45) is 0 Å². The number of hydrogen-bond acceptors (Lipinski definition) is 7. The Morgan fingerprint density at radius 2 is 2.26 bits per heavy atom. The van der Waals surface area contributed by atoms with E-state index in [9.17, 15) is 4.79 Å². The molecule has 0 saturated carbocycles. The standard InChI is InChI=1S/C22H25N7O2/c1-2-10-28-11-4-3-7-18(28)29-12-8-16(14-29)31-21-19-15(6-5-9-23-19)13-17(24-21)20-25-22(30)27-26-20/h3-7,9,11,13,16,18H,2,8,10,12,14H2,1H3,(H2,25,26,27,30)/t16-,18?/m0/s1. The summed E-state index contributed by atoms with van der Waals surface area (Å²) in [4.78, 5) is 28.1. The lowest BCUT2D eigenvalue weighted by Crippen LogP contribution is -2.45. The van der Waals surface area contributed by atoms with E-state index in [-0.39, 0.29) is 18.0 Å². The molecule has 2 aliphatic heterocycles. The average molecular weight is 419 g/mol. The van der Waals surface area contributed by atoms with Gasteiger partial charge in [0.05, 0.1) is 0 Å². The summed E-state index contributed by atoms with van der Waals surface area (Å²) in [6.07, 6.45) is 12.6. The molecular formula is C22H25N7O2. The highest BCUT2D eigenvalue weighted by atomic mass is 16.5. The van der Waals surface area contributed by atoms with E-state index < -0.39 is 0 Å². The van der Waals surface area contributed by atoms with Crippen LogP contribution in [-0.2, 0) is 0 Å². The molecule has 1 unspecified atom stereocenters. The molecule has 1 saturated heterocycles. The van der Waals surface area contributed by atoms with Crippen molar-refractivity contribution in [2.75, 3.05) is 19.6 Å². The van der Waals surface area contributed by atoms with Crippen LogP contribution in [-0.4, -0.2) is 66.9 Å². The summed E-state index contributed by atoms with van der Waals surface area (Å²) in [5.41, 5.74) is 0.872. The summed E-state index contributed by atoms with van der Waals surface area (Å²) >= 11 is 0. The third-order valence-electron chi connectivity index (χ3n) is 5.62. The van der Waals surface area contributed by atoms with E-state index in [4.69, 9.17) is 4.74 Å². The minimum absolute atomic E-state index is 0.00831. The van der Waals surface area contributed by atoms with Gasteiger partial charge in [0.1, 0.15) is 23.5 Å². The topological polar surface area (TPSA) is 103 Å². The fraction of sp³-hybridized carbons (Fsp3) is 0.364. The lowest BCUT2D eigenvalue weighted by atomic mass is 10.2. The van der Waals surface area contributed by atoms with Crippen LogP contribution in [0.1, 0.15) is 19.8 Å². The molecule has 0 aromatic carbocycles. The molecule has 3 aromatic rings. The predicted octanol–water partition coefficient (Wildman–Crippen LogP) is 2.28. The van der Waals surface area contributed by atoms with Crippen molar-refractivity contribution in [1.82, 2.24) is 34.9 Å². The molecule has 2 atom stereocenters. The zero-order valence-corrected chi connectivity index (χ0v) is 17.4. The molecule has 0 aliphatic carbocycles. The van der Waals surface area contributed by atoms with Crippen LogP contribution in [0.5, 0.6) is 5.88 Å². The molecule has 2 N–H and O–H groups in total. The number of H-pyrrole nitrogens is 2. The Balaban J connectivity index is 1.39. The number of ether oxygens (including phenoxy) is 1. The smallest absolute Gasteiger partial charge is 0.340 e. The summed E-state index contributed by atoms with van der Waals surface area (Å²) < 4.78 is 6.37. The molecule has 9 nitrogen and oxygen atoms in total. The molecule has 160 valence electrons. The lowest BCUT2D eigenvalue weighted by molar-refractivity contribution is 0.116. The number of nitrogens with one attached hydrogen (secondary N) is 2. The van der Waals surface area contributed by atoms with E-state index in [1.165, 1.54) is 0 Å². The highest BCUT2D eigenvalue weighted by molar-refractivity contribution is 5.85. The van der Waals surface area contributed by atoms with Gasteiger partial charge in [-0.2, -0.15) is 5.10 Å². The zero-order chi connectivity index (χ0) is 21.2. The Morgan fingerprint density at radius 3 is 3.10 bits per heavy atom. The Morgan fingerprint density at radius 1 is 1.32 bits per heavy atom. The summed E-state index contributed by atoms with van der Waals surface area (Å²) in [5.74, 6) is 0.844. The predicted molar refractivity (Wildman–Crippen MR) is 117 cm³/mol. The van der Waals surface area contributed by atoms with Crippen molar-refractivity contribution >= 4 is 10.9 Å². The van der Waals surface area contributed by atoms with Crippen molar-refractivity contribution in [3.8, 4) is 17.4 Å². The van der Waals surface area contributed by atoms with Crippen LogP contribution < -0.4 is 10.4 Å².